The second-order valence-electron chi connectivity index (χ2n) is 5.02. The maximum Gasteiger partial charge on any atom is 0.392 e. The van der Waals surface area contributed by atoms with E-state index in [0.29, 0.717) is 18.5 Å². The molecule has 1 aromatic rings. The smallest absolute Gasteiger partial charge is 0.312 e. The Balaban J connectivity index is 2.27. The summed E-state index contributed by atoms with van der Waals surface area (Å²) in [6, 6.07) is 8.88. The Labute approximate surface area is 116 Å². The normalized spacial score (nSPS) is 24.5. The minimum absolute atomic E-state index is 0.143. The first-order valence-electron chi connectivity index (χ1n) is 6.69. The molecule has 0 aliphatic heterocycles. The summed E-state index contributed by atoms with van der Waals surface area (Å²) in [5.74, 6) is 3.58. The van der Waals surface area contributed by atoms with Gasteiger partial charge in [-0.1, -0.05) is 31.0 Å². The molecule has 1 aliphatic rings. The highest BCUT2D eigenvalue weighted by Crippen LogP contribution is 2.42. The maximum absolute atomic E-state index is 13.1. The molecule has 1 fully saturated rings. The summed E-state index contributed by atoms with van der Waals surface area (Å²) in [7, 11) is 0. The molecule has 1 aromatic carbocycles. The molecule has 0 aromatic heterocycles. The first-order chi connectivity index (χ1) is 9.52. The summed E-state index contributed by atoms with van der Waals surface area (Å²) < 4.78 is 39.3. The van der Waals surface area contributed by atoms with E-state index in [4.69, 9.17) is 5.84 Å². The van der Waals surface area contributed by atoms with E-state index in [0.717, 1.165) is 6.42 Å². The molecule has 1 aliphatic carbocycles. The van der Waals surface area contributed by atoms with Gasteiger partial charge in [0.25, 0.3) is 0 Å². The van der Waals surface area contributed by atoms with E-state index in [-0.39, 0.29) is 12.3 Å². The highest BCUT2D eigenvalue weighted by atomic mass is 19.4. The maximum atomic E-state index is 13.1. The van der Waals surface area contributed by atoms with E-state index in [1.54, 1.807) is 24.3 Å². The molecule has 2 rings (SSSR count). The van der Waals surface area contributed by atoms with Gasteiger partial charge < -0.3 is 5.43 Å². The van der Waals surface area contributed by atoms with Gasteiger partial charge in [0.05, 0.1) is 11.6 Å². The van der Waals surface area contributed by atoms with Gasteiger partial charge in [-0.2, -0.15) is 13.2 Å². The number of nitrogens with one attached hydrogen (secondary N) is 1. The van der Waals surface area contributed by atoms with Crippen molar-refractivity contribution in [2.24, 2.45) is 22.7 Å². The Morgan fingerprint density at radius 1 is 1.15 bits per heavy atom. The molecule has 0 radical (unpaired) electrons. The highest BCUT2D eigenvalue weighted by Gasteiger charge is 2.47. The van der Waals surface area contributed by atoms with E-state index >= 15 is 0 Å². The number of halogens is 3. The second-order valence-corrected chi connectivity index (χ2v) is 5.02. The highest BCUT2D eigenvalue weighted by molar-refractivity contribution is 5.86. The van der Waals surface area contributed by atoms with Gasteiger partial charge in [0, 0.05) is 5.92 Å². The topological polar surface area (TPSA) is 50.4 Å². The van der Waals surface area contributed by atoms with Gasteiger partial charge in [-0.05, 0) is 25.0 Å². The van der Waals surface area contributed by atoms with Crippen LogP contribution in [-0.2, 0) is 0 Å². The van der Waals surface area contributed by atoms with Crippen molar-refractivity contribution in [3.63, 3.8) is 0 Å². The molecule has 3 N–H and O–H groups in total. The Kier molecular flexibility index (Phi) is 4.65. The summed E-state index contributed by atoms with van der Waals surface area (Å²) >= 11 is 0. The summed E-state index contributed by atoms with van der Waals surface area (Å²) in [5.41, 5.74) is 2.98. The molecule has 20 heavy (non-hydrogen) atoms. The van der Waals surface area contributed by atoms with E-state index in [1.807, 2.05) is 6.07 Å². The van der Waals surface area contributed by atoms with E-state index < -0.39 is 18.0 Å². The summed E-state index contributed by atoms with van der Waals surface area (Å²) in [5, 5.41) is 0. The van der Waals surface area contributed by atoms with Crippen LogP contribution in [0.1, 0.15) is 25.7 Å². The van der Waals surface area contributed by atoms with Crippen LogP contribution in [0.5, 0.6) is 0 Å². The molecule has 0 spiro atoms. The summed E-state index contributed by atoms with van der Waals surface area (Å²) in [4.78, 5) is 4.25. The number of alkyl halides is 3. The van der Waals surface area contributed by atoms with Crippen LogP contribution in [0, 0.1) is 11.8 Å². The molecular formula is C14H18F3N3. The van der Waals surface area contributed by atoms with Crippen molar-refractivity contribution in [1.82, 2.24) is 5.43 Å². The van der Waals surface area contributed by atoms with Crippen molar-refractivity contribution >= 4 is 11.5 Å². The third kappa shape index (κ3) is 3.50. The minimum Gasteiger partial charge on any atom is -0.312 e. The zero-order chi connectivity index (χ0) is 14.6. The first kappa shape index (κ1) is 14.8. The van der Waals surface area contributed by atoms with Crippen molar-refractivity contribution in [3.05, 3.63) is 30.3 Å². The lowest BCUT2D eigenvalue weighted by atomic mass is 9.78. The van der Waals surface area contributed by atoms with Crippen molar-refractivity contribution < 1.29 is 13.2 Å². The van der Waals surface area contributed by atoms with Crippen LogP contribution in [0.2, 0.25) is 0 Å². The molecule has 6 heteroatoms. The zero-order valence-electron chi connectivity index (χ0n) is 11.0. The summed E-state index contributed by atoms with van der Waals surface area (Å²) in [6.45, 7) is 0. The number of nitrogens with zero attached hydrogens (tertiary/aromatic N) is 1. The Morgan fingerprint density at radius 3 is 2.40 bits per heavy atom. The van der Waals surface area contributed by atoms with Gasteiger partial charge in [-0.15, -0.1) is 0 Å². The zero-order valence-corrected chi connectivity index (χ0v) is 11.0. The number of rotatable bonds is 2. The number of hydrogen-bond donors (Lipinski definition) is 2. The Hall–Kier alpha value is -1.56. The molecule has 0 amide bonds. The van der Waals surface area contributed by atoms with Crippen LogP contribution in [0.25, 0.3) is 0 Å². The van der Waals surface area contributed by atoms with E-state index in [9.17, 15) is 13.2 Å². The predicted molar refractivity (Wildman–Crippen MR) is 72.4 cm³/mol. The number of amidine groups is 1. The third-order valence-corrected chi connectivity index (χ3v) is 3.69. The van der Waals surface area contributed by atoms with Crippen LogP contribution in [0.4, 0.5) is 18.9 Å². The molecule has 3 nitrogen and oxygen atoms in total. The number of aliphatic imine (C=N–C) groups is 1. The fraction of sp³-hybridized carbons (Fsp3) is 0.500. The number of para-hydroxylation sites is 1. The molecule has 2 atom stereocenters. The monoisotopic (exact) mass is 285 g/mol. The summed E-state index contributed by atoms with van der Waals surface area (Å²) in [6.07, 6.45) is -2.24. The molecule has 0 bridgehead atoms. The molecule has 1 saturated carbocycles. The third-order valence-electron chi connectivity index (χ3n) is 3.69. The van der Waals surface area contributed by atoms with Crippen LogP contribution in [0.3, 0.4) is 0 Å². The van der Waals surface area contributed by atoms with Crippen molar-refractivity contribution in [3.8, 4) is 0 Å². The van der Waals surface area contributed by atoms with E-state index in [1.165, 1.54) is 0 Å². The lowest BCUT2D eigenvalue weighted by Crippen LogP contribution is -2.44. The second kappa shape index (κ2) is 6.26. The minimum atomic E-state index is -4.21. The van der Waals surface area contributed by atoms with Gasteiger partial charge in [0.2, 0.25) is 0 Å². The van der Waals surface area contributed by atoms with Crippen LogP contribution in [0.15, 0.2) is 35.3 Å². The number of nitrogens with two attached hydrogens (primary N) is 1. The average Bonchev–Trinajstić information content (AvgIpc) is 2.45. The fourth-order valence-corrected chi connectivity index (χ4v) is 2.71. The van der Waals surface area contributed by atoms with Crippen LogP contribution < -0.4 is 11.3 Å². The molecule has 110 valence electrons. The fourth-order valence-electron chi connectivity index (χ4n) is 2.71. The number of hydrogen-bond acceptors (Lipinski definition) is 2. The van der Waals surface area contributed by atoms with Gasteiger partial charge in [0.1, 0.15) is 5.84 Å². The van der Waals surface area contributed by atoms with Crippen LogP contribution in [-0.4, -0.2) is 12.0 Å². The van der Waals surface area contributed by atoms with Gasteiger partial charge in [-0.25, -0.2) is 10.8 Å². The first-order valence-corrected chi connectivity index (χ1v) is 6.69. The van der Waals surface area contributed by atoms with Gasteiger partial charge >= 0.3 is 6.18 Å². The average molecular weight is 285 g/mol. The number of benzene rings is 1. The van der Waals surface area contributed by atoms with Crippen LogP contribution >= 0.6 is 0 Å². The SMILES string of the molecule is NNC(=Nc1ccccc1)C1CCCCC1C(F)(F)F. The Morgan fingerprint density at radius 2 is 1.80 bits per heavy atom. The lowest BCUT2D eigenvalue weighted by molar-refractivity contribution is -0.189. The Bertz CT molecular complexity index is 456. The van der Waals surface area contributed by atoms with Gasteiger partial charge in [-0.3, -0.25) is 0 Å². The van der Waals surface area contributed by atoms with Crippen molar-refractivity contribution in [2.45, 2.75) is 31.9 Å². The standard InChI is InChI=1S/C14H18F3N3/c15-14(16,17)12-9-5-4-8-11(12)13(20-18)19-10-6-2-1-3-7-10/h1-3,6-7,11-12H,4-5,8-9,18H2,(H,19,20). The molecular weight excluding hydrogens is 267 g/mol. The van der Waals surface area contributed by atoms with Crippen molar-refractivity contribution in [1.29, 1.82) is 0 Å². The lowest BCUT2D eigenvalue weighted by Gasteiger charge is -2.33. The quantitative estimate of drug-likeness (QED) is 0.378. The molecule has 0 saturated heterocycles. The van der Waals surface area contributed by atoms with Gasteiger partial charge in [0.15, 0.2) is 0 Å². The van der Waals surface area contributed by atoms with Crippen molar-refractivity contribution in [2.75, 3.05) is 0 Å². The largest absolute Gasteiger partial charge is 0.392 e. The molecule has 2 unspecified atom stereocenters. The molecule has 0 heterocycles. The van der Waals surface area contributed by atoms with E-state index in [2.05, 4.69) is 10.4 Å². The number of hydrazine groups is 1. The predicted octanol–water partition coefficient (Wildman–Crippen LogP) is 3.55.